The average molecular weight is 547 g/mol. The summed E-state index contributed by atoms with van der Waals surface area (Å²) in [7, 11) is 0. The van der Waals surface area contributed by atoms with Crippen LogP contribution in [0.5, 0.6) is 11.5 Å². The van der Waals surface area contributed by atoms with Gasteiger partial charge >= 0.3 is 12.7 Å². The number of rotatable bonds is 9. The van der Waals surface area contributed by atoms with Crippen LogP contribution >= 0.6 is 0 Å². The Hall–Kier alpha value is -2.45. The van der Waals surface area contributed by atoms with Crippen molar-refractivity contribution in [3.05, 3.63) is 58.9 Å². The highest BCUT2D eigenvalue weighted by Gasteiger charge is 2.39. The van der Waals surface area contributed by atoms with Crippen LogP contribution in [0, 0.1) is 35.2 Å². The van der Waals surface area contributed by atoms with Crippen LogP contribution in [0.15, 0.2) is 30.3 Å². The van der Waals surface area contributed by atoms with Gasteiger partial charge in [0, 0.05) is 12.1 Å². The van der Waals surface area contributed by atoms with Gasteiger partial charge in [0.2, 0.25) is 0 Å². The van der Waals surface area contributed by atoms with Crippen molar-refractivity contribution in [2.45, 2.75) is 89.8 Å². The molecule has 2 nitrogen and oxygen atoms in total. The first-order chi connectivity index (χ1) is 18.1. The molecule has 0 N–H and O–H groups in total. The zero-order valence-electron chi connectivity index (χ0n) is 21.3. The van der Waals surface area contributed by atoms with Crippen LogP contribution in [0.3, 0.4) is 0 Å². The van der Waals surface area contributed by atoms with E-state index in [2.05, 4.69) is 16.4 Å². The third kappa shape index (κ3) is 6.75. The molecule has 2 aliphatic carbocycles. The highest BCUT2D eigenvalue weighted by Crippen LogP contribution is 2.45. The number of hydrogen-bond donors (Lipinski definition) is 0. The van der Waals surface area contributed by atoms with E-state index < -0.39 is 47.2 Å². The largest absolute Gasteiger partial charge is 0.429 e. The maximum atomic E-state index is 14.8. The highest BCUT2D eigenvalue weighted by atomic mass is 19.3. The SMILES string of the molecule is CCCC1CCC(C2CCC(c3ccc(C(F)(F)Oc4cc(F)c(OC(F)F)c(F)c4)c(F)c3)CC2)CC1. The molecule has 0 aliphatic heterocycles. The van der Waals surface area contributed by atoms with Crippen molar-refractivity contribution in [1.29, 1.82) is 0 Å². The van der Waals surface area contributed by atoms with Crippen molar-refractivity contribution < 1.29 is 40.2 Å². The van der Waals surface area contributed by atoms with Crippen LogP contribution < -0.4 is 9.47 Å². The summed E-state index contributed by atoms with van der Waals surface area (Å²) in [4.78, 5) is 0. The molecule has 0 unspecified atom stereocenters. The van der Waals surface area contributed by atoms with E-state index in [4.69, 9.17) is 0 Å². The lowest BCUT2D eigenvalue weighted by molar-refractivity contribution is -0.187. The van der Waals surface area contributed by atoms with Gasteiger partial charge in [0.15, 0.2) is 17.4 Å². The average Bonchev–Trinajstić information content (AvgIpc) is 2.86. The van der Waals surface area contributed by atoms with Crippen molar-refractivity contribution in [2.75, 3.05) is 0 Å². The van der Waals surface area contributed by atoms with Gasteiger partial charge in [-0.1, -0.05) is 38.7 Å². The third-order valence-electron chi connectivity index (χ3n) is 8.23. The summed E-state index contributed by atoms with van der Waals surface area (Å²) in [5.74, 6) is -4.60. The van der Waals surface area contributed by atoms with Gasteiger partial charge in [0.25, 0.3) is 0 Å². The van der Waals surface area contributed by atoms with E-state index in [-0.39, 0.29) is 18.1 Å². The second-order valence-electron chi connectivity index (χ2n) is 10.6. The standard InChI is InChI=1S/C29H33F7O2/c1-2-3-17-4-6-18(7-5-17)19-8-10-20(11-9-19)21-12-13-23(24(30)14-21)29(35,36)38-22-15-25(31)27(26(32)16-22)37-28(33)34/h12-20,28H,2-11H2,1H3. The van der Waals surface area contributed by atoms with Crippen LogP contribution in [0.1, 0.15) is 88.2 Å². The molecule has 4 rings (SSSR count). The minimum Gasteiger partial charge on any atom is -0.429 e. The smallest absolute Gasteiger partial charge is 0.429 e. The molecule has 0 heterocycles. The van der Waals surface area contributed by atoms with E-state index in [1.165, 1.54) is 44.6 Å². The fourth-order valence-electron chi connectivity index (χ4n) is 6.30. The predicted octanol–water partition coefficient (Wildman–Crippen LogP) is 9.71. The zero-order chi connectivity index (χ0) is 27.4. The van der Waals surface area contributed by atoms with Crippen LogP contribution in [-0.4, -0.2) is 6.61 Å². The minimum atomic E-state index is -4.26. The Morgan fingerprint density at radius 2 is 1.39 bits per heavy atom. The van der Waals surface area contributed by atoms with E-state index >= 15 is 0 Å². The number of hydrogen-bond acceptors (Lipinski definition) is 2. The van der Waals surface area contributed by atoms with Gasteiger partial charge in [-0.3, -0.25) is 0 Å². The van der Waals surface area contributed by atoms with Gasteiger partial charge in [0.05, 0.1) is 5.56 Å². The van der Waals surface area contributed by atoms with Gasteiger partial charge in [0.1, 0.15) is 11.6 Å². The first-order valence-electron chi connectivity index (χ1n) is 13.4. The highest BCUT2D eigenvalue weighted by molar-refractivity contribution is 5.36. The van der Waals surface area contributed by atoms with E-state index in [0.717, 1.165) is 49.7 Å². The number of alkyl halides is 4. The molecule has 2 aromatic rings. The maximum Gasteiger partial charge on any atom is 0.429 e. The lowest BCUT2D eigenvalue weighted by Crippen LogP contribution is -2.26. The molecule has 0 amide bonds. The molecule has 0 aromatic heterocycles. The van der Waals surface area contributed by atoms with E-state index in [0.29, 0.717) is 11.5 Å². The van der Waals surface area contributed by atoms with Crippen molar-refractivity contribution in [1.82, 2.24) is 0 Å². The van der Waals surface area contributed by atoms with Gasteiger partial charge in [-0.25, -0.2) is 13.2 Å². The summed E-state index contributed by atoms with van der Waals surface area (Å²) in [6.07, 6.45) is 7.25. The molecule has 38 heavy (non-hydrogen) atoms. The fourth-order valence-corrected chi connectivity index (χ4v) is 6.30. The van der Waals surface area contributed by atoms with Gasteiger partial charge in [-0.05, 0) is 79.9 Å². The number of ether oxygens (including phenoxy) is 2. The normalized spacial score (nSPS) is 24.4. The molecule has 0 atom stereocenters. The lowest BCUT2D eigenvalue weighted by Gasteiger charge is -2.38. The Morgan fingerprint density at radius 3 is 1.92 bits per heavy atom. The summed E-state index contributed by atoms with van der Waals surface area (Å²) in [6.45, 7) is -1.28. The summed E-state index contributed by atoms with van der Waals surface area (Å²) < 4.78 is 105. The molecule has 9 heteroatoms. The molecular weight excluding hydrogens is 513 g/mol. The van der Waals surface area contributed by atoms with Crippen molar-refractivity contribution in [3.63, 3.8) is 0 Å². The Labute approximate surface area is 218 Å². The summed E-state index contributed by atoms with van der Waals surface area (Å²) in [6, 6.07) is 3.99. The van der Waals surface area contributed by atoms with Crippen LogP contribution in [-0.2, 0) is 6.11 Å². The molecule has 0 saturated heterocycles. The second-order valence-corrected chi connectivity index (χ2v) is 10.6. The second kappa shape index (κ2) is 12.2. The van der Waals surface area contributed by atoms with Crippen LogP contribution in [0.25, 0.3) is 0 Å². The molecule has 210 valence electrons. The molecule has 2 saturated carbocycles. The first-order valence-corrected chi connectivity index (χ1v) is 13.4. The molecule has 2 aliphatic rings. The maximum absolute atomic E-state index is 14.8. The summed E-state index contributed by atoms with van der Waals surface area (Å²) in [5, 5.41) is 0. The van der Waals surface area contributed by atoms with Gasteiger partial charge < -0.3 is 9.47 Å². The van der Waals surface area contributed by atoms with E-state index in [1.54, 1.807) is 0 Å². The lowest BCUT2D eigenvalue weighted by atomic mass is 9.68. The fraction of sp³-hybridized carbons (Fsp3) is 0.586. The summed E-state index contributed by atoms with van der Waals surface area (Å²) >= 11 is 0. The Morgan fingerprint density at radius 1 is 0.816 bits per heavy atom. The molecule has 2 aromatic carbocycles. The molecule has 0 radical (unpaired) electrons. The van der Waals surface area contributed by atoms with E-state index in [1.807, 2.05) is 0 Å². The predicted molar refractivity (Wildman–Crippen MR) is 129 cm³/mol. The first kappa shape index (κ1) is 28.6. The monoisotopic (exact) mass is 546 g/mol. The number of benzene rings is 2. The molecule has 2 fully saturated rings. The topological polar surface area (TPSA) is 18.5 Å². The zero-order valence-corrected chi connectivity index (χ0v) is 21.3. The Kier molecular flexibility index (Phi) is 9.14. The van der Waals surface area contributed by atoms with Crippen molar-refractivity contribution >= 4 is 0 Å². The van der Waals surface area contributed by atoms with Gasteiger partial charge in [-0.2, -0.15) is 17.6 Å². The van der Waals surface area contributed by atoms with Crippen molar-refractivity contribution in [2.24, 2.45) is 17.8 Å². The van der Waals surface area contributed by atoms with E-state index in [9.17, 15) is 30.7 Å². The van der Waals surface area contributed by atoms with Crippen molar-refractivity contribution in [3.8, 4) is 11.5 Å². The Balaban J connectivity index is 1.37. The number of halogens is 7. The molecule has 0 spiro atoms. The molecular formula is C29H33F7O2. The Bertz CT molecular complexity index is 1050. The van der Waals surface area contributed by atoms with Crippen LogP contribution in [0.2, 0.25) is 0 Å². The third-order valence-corrected chi connectivity index (χ3v) is 8.23. The van der Waals surface area contributed by atoms with Gasteiger partial charge in [-0.15, -0.1) is 0 Å². The minimum absolute atomic E-state index is 0.0753. The van der Waals surface area contributed by atoms with Crippen LogP contribution in [0.4, 0.5) is 30.7 Å². The quantitative estimate of drug-likeness (QED) is 0.292. The molecule has 0 bridgehead atoms. The summed E-state index contributed by atoms with van der Waals surface area (Å²) in [5.41, 5.74) is -0.453.